The first-order chi connectivity index (χ1) is 9.38. The molecule has 20 heavy (non-hydrogen) atoms. The third-order valence-electron chi connectivity index (χ3n) is 3.74. The Morgan fingerprint density at radius 1 is 1.20 bits per heavy atom. The number of rotatable bonds is 3. The summed E-state index contributed by atoms with van der Waals surface area (Å²) in [6, 6.07) is 9.57. The van der Waals surface area contributed by atoms with E-state index in [4.69, 9.17) is 5.26 Å². The zero-order chi connectivity index (χ0) is 14.9. The molecule has 0 amide bonds. The maximum atomic E-state index is 9.17. The summed E-state index contributed by atoms with van der Waals surface area (Å²) in [7, 11) is 0. The monoisotopic (exact) mass is 269 g/mol. The van der Waals surface area contributed by atoms with Gasteiger partial charge in [0.1, 0.15) is 0 Å². The van der Waals surface area contributed by atoms with Crippen LogP contribution in [0.3, 0.4) is 0 Å². The fraction of sp³-hybridized carbons (Fsp3) is 0.467. The van der Waals surface area contributed by atoms with Gasteiger partial charge < -0.3 is 5.32 Å². The Morgan fingerprint density at radius 3 is 2.25 bits per heavy atom. The fourth-order valence-electron chi connectivity index (χ4n) is 2.00. The Morgan fingerprint density at radius 2 is 1.80 bits per heavy atom. The lowest BCUT2D eigenvalue weighted by atomic mass is 9.88. The summed E-state index contributed by atoms with van der Waals surface area (Å²) in [5.74, 6) is 0. The van der Waals surface area contributed by atoms with Crippen LogP contribution in [0.25, 0.3) is 0 Å². The first-order valence-corrected chi connectivity index (χ1v) is 6.62. The van der Waals surface area contributed by atoms with Crippen LogP contribution in [0, 0.1) is 28.2 Å². The minimum atomic E-state index is -0.109. The van der Waals surface area contributed by atoms with Crippen LogP contribution in [-0.4, -0.2) is 22.3 Å². The highest BCUT2D eigenvalue weighted by molar-refractivity contribution is 5.48. The molecule has 1 aliphatic rings. The van der Waals surface area contributed by atoms with E-state index in [0.717, 1.165) is 5.69 Å². The van der Waals surface area contributed by atoms with Gasteiger partial charge in [0.05, 0.1) is 11.6 Å². The van der Waals surface area contributed by atoms with Crippen molar-refractivity contribution in [3.05, 3.63) is 29.8 Å². The normalized spacial score (nSPS) is 22.6. The number of nitrogens with one attached hydrogen (secondary N) is 1. The highest BCUT2D eigenvalue weighted by atomic mass is 15.9. The van der Waals surface area contributed by atoms with Gasteiger partial charge in [0, 0.05) is 11.7 Å². The molecule has 0 aromatic heterocycles. The molecule has 1 saturated heterocycles. The summed E-state index contributed by atoms with van der Waals surface area (Å²) >= 11 is 0. The average molecular weight is 269 g/mol. The topological polar surface area (TPSA) is 65.6 Å². The molecule has 0 radical (unpaired) electrons. The Labute approximate surface area is 120 Å². The molecule has 1 aliphatic heterocycles. The van der Waals surface area contributed by atoms with Crippen LogP contribution in [0.1, 0.15) is 33.3 Å². The minimum absolute atomic E-state index is 0.0934. The molecule has 0 bridgehead atoms. The maximum Gasteiger partial charge on any atom is 0.200 e. The van der Waals surface area contributed by atoms with E-state index in [1.165, 1.54) is 0 Å². The molecule has 104 valence electrons. The van der Waals surface area contributed by atoms with Crippen molar-refractivity contribution >= 4 is 5.69 Å². The van der Waals surface area contributed by atoms with Crippen molar-refractivity contribution in [3.63, 3.8) is 0 Å². The van der Waals surface area contributed by atoms with Gasteiger partial charge in [-0.15, -0.1) is 0 Å². The fourth-order valence-corrected chi connectivity index (χ4v) is 2.00. The van der Waals surface area contributed by atoms with Gasteiger partial charge in [-0.2, -0.15) is 20.5 Å². The van der Waals surface area contributed by atoms with Crippen LogP contribution in [0.4, 0.5) is 5.69 Å². The maximum absolute atomic E-state index is 9.17. The summed E-state index contributed by atoms with van der Waals surface area (Å²) in [5, 5.41) is 24.9. The van der Waals surface area contributed by atoms with Crippen molar-refractivity contribution in [2.24, 2.45) is 5.41 Å². The van der Waals surface area contributed by atoms with Gasteiger partial charge >= 0.3 is 0 Å². The molecule has 1 aromatic carbocycles. The first kappa shape index (κ1) is 14.2. The highest BCUT2D eigenvalue weighted by Crippen LogP contribution is 2.36. The molecule has 0 spiro atoms. The Bertz CT molecular complexity index is 558. The van der Waals surface area contributed by atoms with Crippen LogP contribution in [-0.2, 0) is 0 Å². The van der Waals surface area contributed by atoms with E-state index >= 15 is 0 Å². The molecule has 5 heteroatoms. The zero-order valence-electron chi connectivity index (χ0n) is 12.3. The van der Waals surface area contributed by atoms with Crippen molar-refractivity contribution in [2.45, 2.75) is 40.0 Å². The van der Waals surface area contributed by atoms with Crippen LogP contribution >= 0.6 is 0 Å². The van der Waals surface area contributed by atoms with Crippen molar-refractivity contribution in [2.75, 3.05) is 5.32 Å². The molecular weight excluding hydrogens is 250 g/mol. The lowest BCUT2D eigenvalue weighted by Gasteiger charge is -2.27. The van der Waals surface area contributed by atoms with Gasteiger partial charge in [-0.05, 0) is 36.6 Å². The third kappa shape index (κ3) is 2.68. The van der Waals surface area contributed by atoms with Crippen LogP contribution in [0.5, 0.6) is 0 Å². The number of nitrogens with zero attached hydrogens (tertiary/aromatic N) is 4. The van der Waals surface area contributed by atoms with E-state index in [9.17, 15) is 5.26 Å². The number of nitriles is 2. The molecule has 0 aliphatic carbocycles. The predicted octanol–water partition coefficient (Wildman–Crippen LogP) is 2.70. The van der Waals surface area contributed by atoms with E-state index in [2.05, 4.69) is 45.3 Å². The highest BCUT2D eigenvalue weighted by Gasteiger charge is 2.51. The standard InChI is InChI=1S/C15H19N5/c1-11(15(2,3)4)20-14(19(20)10-17)18-13-7-5-12(9-16)6-8-13/h5-8,11,14,18H,1-4H3/t11?,14-,19?,20?/m0/s1. The summed E-state index contributed by atoms with van der Waals surface area (Å²) in [5.41, 5.74) is 1.62. The Hall–Kier alpha value is -2.24. The average Bonchev–Trinajstić information content (AvgIpc) is 3.10. The second-order valence-corrected chi connectivity index (χ2v) is 6.07. The van der Waals surface area contributed by atoms with E-state index in [-0.39, 0.29) is 17.7 Å². The van der Waals surface area contributed by atoms with E-state index in [1.807, 2.05) is 17.1 Å². The third-order valence-corrected chi connectivity index (χ3v) is 3.74. The SMILES string of the molecule is CC(N1[C@@H](Nc2ccc(C#N)cc2)N1C#N)C(C)(C)C. The summed E-state index contributed by atoms with van der Waals surface area (Å²) in [6.07, 6.45) is 2.07. The Balaban J connectivity index is 2.06. The molecule has 2 rings (SSSR count). The predicted molar refractivity (Wildman–Crippen MR) is 76.8 cm³/mol. The van der Waals surface area contributed by atoms with Crippen LogP contribution in [0.15, 0.2) is 24.3 Å². The second-order valence-electron chi connectivity index (χ2n) is 6.07. The molecular formula is C15H19N5. The first-order valence-electron chi connectivity index (χ1n) is 6.62. The molecule has 1 fully saturated rings. The lowest BCUT2D eigenvalue weighted by Crippen LogP contribution is -2.33. The van der Waals surface area contributed by atoms with Gasteiger partial charge in [-0.25, -0.2) is 0 Å². The van der Waals surface area contributed by atoms with Gasteiger partial charge in [0.25, 0.3) is 0 Å². The summed E-state index contributed by atoms with van der Waals surface area (Å²) in [6.45, 7) is 8.59. The van der Waals surface area contributed by atoms with E-state index in [1.54, 1.807) is 17.1 Å². The largest absolute Gasteiger partial charge is 0.350 e. The molecule has 2 unspecified atom stereocenters. The van der Waals surface area contributed by atoms with Crippen LogP contribution < -0.4 is 5.32 Å². The van der Waals surface area contributed by atoms with Gasteiger partial charge in [-0.1, -0.05) is 20.8 Å². The van der Waals surface area contributed by atoms with Crippen molar-refractivity contribution in [1.29, 1.82) is 10.5 Å². The number of hydrogen-bond donors (Lipinski definition) is 1. The summed E-state index contributed by atoms with van der Waals surface area (Å²) in [4.78, 5) is 0. The summed E-state index contributed by atoms with van der Waals surface area (Å²) < 4.78 is 0. The van der Waals surface area contributed by atoms with Crippen molar-refractivity contribution < 1.29 is 0 Å². The molecule has 1 heterocycles. The van der Waals surface area contributed by atoms with Gasteiger partial charge in [0.2, 0.25) is 0 Å². The van der Waals surface area contributed by atoms with Gasteiger partial charge in [-0.3, -0.25) is 0 Å². The van der Waals surface area contributed by atoms with Crippen LogP contribution in [0.2, 0.25) is 0 Å². The van der Waals surface area contributed by atoms with Crippen molar-refractivity contribution in [3.8, 4) is 12.3 Å². The lowest BCUT2D eigenvalue weighted by molar-refractivity contribution is 0.169. The number of hydrogen-bond acceptors (Lipinski definition) is 5. The quantitative estimate of drug-likeness (QED) is 0.675. The number of anilines is 1. The molecule has 3 atom stereocenters. The van der Waals surface area contributed by atoms with Crippen molar-refractivity contribution in [1.82, 2.24) is 10.0 Å². The zero-order valence-corrected chi connectivity index (χ0v) is 12.3. The Kier molecular flexibility index (Phi) is 3.57. The molecule has 0 saturated carbocycles. The molecule has 1 aromatic rings. The molecule has 1 N–H and O–H groups in total. The minimum Gasteiger partial charge on any atom is -0.350 e. The number of benzene rings is 1. The van der Waals surface area contributed by atoms with E-state index in [0.29, 0.717) is 5.56 Å². The van der Waals surface area contributed by atoms with Gasteiger partial charge in [0.15, 0.2) is 12.5 Å². The second kappa shape index (κ2) is 5.03. The molecule has 5 nitrogen and oxygen atoms in total. The number of hydrazine groups is 1. The smallest absolute Gasteiger partial charge is 0.200 e. The van der Waals surface area contributed by atoms with E-state index < -0.39 is 0 Å².